The van der Waals surface area contributed by atoms with E-state index in [1.165, 1.54) is 10.8 Å². The van der Waals surface area contributed by atoms with E-state index >= 15 is 0 Å². The summed E-state index contributed by atoms with van der Waals surface area (Å²) in [7, 11) is 0. The minimum atomic E-state index is 0.552. The second-order valence-corrected chi connectivity index (χ2v) is 14.4. The van der Waals surface area contributed by atoms with Gasteiger partial charge in [0.05, 0.1) is 22.1 Å². The predicted octanol–water partition coefficient (Wildman–Crippen LogP) is 13.0. The molecule has 0 bridgehead atoms. The molecule has 4 aromatic heterocycles. The molecule has 0 fully saturated rings. The van der Waals surface area contributed by atoms with Gasteiger partial charge in [0.2, 0.25) is 5.95 Å². The molecule has 6 heteroatoms. The monoisotopic (exact) mass is 729 g/mol. The lowest BCUT2D eigenvalue weighted by atomic mass is 9.98. The van der Waals surface area contributed by atoms with Gasteiger partial charge in [-0.2, -0.15) is 9.97 Å². The SMILES string of the molecule is c1ccc(-c2nc(-c3cccc(-n4c5ccccc5c5ccccc54)c3)nc(-n3c4ccccc4c4ccc(-c5cccc6oc7ccccc7c56)cc43)n2)cc1. The third-order valence-electron chi connectivity index (χ3n) is 11.2. The number of rotatable bonds is 5. The molecule has 57 heavy (non-hydrogen) atoms. The van der Waals surface area contributed by atoms with Crippen LogP contribution in [0, 0.1) is 0 Å². The van der Waals surface area contributed by atoms with E-state index in [4.69, 9.17) is 19.4 Å². The molecule has 0 spiro atoms. The molecular weight excluding hydrogens is 699 g/mol. The maximum absolute atomic E-state index is 6.29. The summed E-state index contributed by atoms with van der Waals surface area (Å²) in [4.78, 5) is 15.7. The molecule has 12 aromatic rings. The van der Waals surface area contributed by atoms with Crippen molar-refractivity contribution in [3.63, 3.8) is 0 Å². The van der Waals surface area contributed by atoms with Gasteiger partial charge in [-0.3, -0.25) is 4.57 Å². The van der Waals surface area contributed by atoms with Crippen molar-refractivity contribution < 1.29 is 4.42 Å². The van der Waals surface area contributed by atoms with Crippen molar-refractivity contribution >= 4 is 65.6 Å². The summed E-state index contributed by atoms with van der Waals surface area (Å²) in [5.41, 5.74) is 11.1. The van der Waals surface area contributed by atoms with Crippen LogP contribution in [0.15, 0.2) is 192 Å². The Kier molecular flexibility index (Phi) is 6.83. The molecule has 4 heterocycles. The van der Waals surface area contributed by atoms with Crippen LogP contribution < -0.4 is 0 Å². The summed E-state index contributed by atoms with van der Waals surface area (Å²) >= 11 is 0. The predicted molar refractivity (Wildman–Crippen MR) is 232 cm³/mol. The molecule has 266 valence electrons. The van der Waals surface area contributed by atoms with Gasteiger partial charge in [-0.1, -0.05) is 140 Å². The number of nitrogens with zero attached hydrogens (tertiary/aromatic N) is 5. The lowest BCUT2D eigenvalue weighted by molar-refractivity contribution is 0.669. The van der Waals surface area contributed by atoms with Crippen molar-refractivity contribution in [1.29, 1.82) is 0 Å². The molecule has 0 saturated carbocycles. The molecule has 0 N–H and O–H groups in total. The Balaban J connectivity index is 1.10. The Bertz CT molecular complexity index is 3490. The van der Waals surface area contributed by atoms with Crippen LogP contribution in [0.3, 0.4) is 0 Å². The molecule has 0 saturated heterocycles. The highest BCUT2D eigenvalue weighted by Gasteiger charge is 2.20. The molecule has 0 aliphatic carbocycles. The van der Waals surface area contributed by atoms with Crippen molar-refractivity contribution in [2.24, 2.45) is 0 Å². The van der Waals surface area contributed by atoms with Crippen LogP contribution in [0.5, 0.6) is 0 Å². The summed E-state index contributed by atoms with van der Waals surface area (Å²) in [5.74, 6) is 1.75. The number of furan rings is 1. The van der Waals surface area contributed by atoms with Crippen LogP contribution in [0.2, 0.25) is 0 Å². The van der Waals surface area contributed by atoms with Crippen LogP contribution in [-0.4, -0.2) is 24.1 Å². The average Bonchev–Trinajstić information content (AvgIpc) is 3.94. The molecule has 0 amide bonds. The van der Waals surface area contributed by atoms with Crippen LogP contribution in [-0.2, 0) is 0 Å². The Morgan fingerprint density at radius 3 is 1.65 bits per heavy atom. The normalized spacial score (nSPS) is 11.9. The van der Waals surface area contributed by atoms with Gasteiger partial charge in [0.15, 0.2) is 11.6 Å². The summed E-state index contributed by atoms with van der Waals surface area (Å²) in [6, 6.07) is 65.6. The maximum atomic E-state index is 6.29. The van der Waals surface area contributed by atoms with E-state index < -0.39 is 0 Å². The van der Waals surface area contributed by atoms with Gasteiger partial charge in [-0.05, 0) is 59.7 Å². The first-order valence-electron chi connectivity index (χ1n) is 19.1. The fourth-order valence-electron chi connectivity index (χ4n) is 8.66. The lowest BCUT2D eigenvalue weighted by Crippen LogP contribution is -2.06. The molecule has 0 atom stereocenters. The number of aromatic nitrogens is 5. The summed E-state index contributed by atoms with van der Waals surface area (Å²) in [5, 5.41) is 6.89. The minimum absolute atomic E-state index is 0.552. The van der Waals surface area contributed by atoms with Gasteiger partial charge in [0, 0.05) is 49.1 Å². The second kappa shape index (κ2) is 12.3. The summed E-state index contributed by atoms with van der Waals surface area (Å²) in [6.07, 6.45) is 0. The Morgan fingerprint density at radius 2 is 0.912 bits per heavy atom. The number of hydrogen-bond acceptors (Lipinski definition) is 4. The highest BCUT2D eigenvalue weighted by Crippen LogP contribution is 2.40. The van der Waals surface area contributed by atoms with Gasteiger partial charge < -0.3 is 8.98 Å². The van der Waals surface area contributed by atoms with Crippen molar-refractivity contribution in [2.75, 3.05) is 0 Å². The van der Waals surface area contributed by atoms with Crippen molar-refractivity contribution in [1.82, 2.24) is 24.1 Å². The zero-order valence-corrected chi connectivity index (χ0v) is 30.5. The first-order valence-corrected chi connectivity index (χ1v) is 19.1. The van der Waals surface area contributed by atoms with E-state index in [1.54, 1.807) is 0 Å². The molecule has 8 aromatic carbocycles. The van der Waals surface area contributed by atoms with Gasteiger partial charge in [-0.15, -0.1) is 0 Å². The zero-order chi connectivity index (χ0) is 37.5. The second-order valence-electron chi connectivity index (χ2n) is 14.4. The van der Waals surface area contributed by atoms with Crippen LogP contribution >= 0.6 is 0 Å². The van der Waals surface area contributed by atoms with E-state index in [-0.39, 0.29) is 0 Å². The number of hydrogen-bond donors (Lipinski definition) is 0. The van der Waals surface area contributed by atoms with E-state index in [0.29, 0.717) is 17.6 Å². The van der Waals surface area contributed by atoms with Gasteiger partial charge >= 0.3 is 0 Å². The largest absolute Gasteiger partial charge is 0.456 e. The van der Waals surface area contributed by atoms with Crippen LogP contribution in [0.25, 0.3) is 111 Å². The fraction of sp³-hybridized carbons (Fsp3) is 0. The topological polar surface area (TPSA) is 61.7 Å². The number of fused-ring (bicyclic) bond motifs is 9. The smallest absolute Gasteiger partial charge is 0.238 e. The van der Waals surface area contributed by atoms with Gasteiger partial charge in [0.25, 0.3) is 0 Å². The molecule has 0 unspecified atom stereocenters. The number of para-hydroxylation sites is 4. The van der Waals surface area contributed by atoms with E-state index in [2.05, 4.69) is 161 Å². The summed E-state index contributed by atoms with van der Waals surface area (Å²) in [6.45, 7) is 0. The van der Waals surface area contributed by atoms with Crippen molar-refractivity contribution in [3.8, 4) is 45.5 Å². The Labute approximate surface area is 326 Å². The Morgan fingerprint density at radius 1 is 0.351 bits per heavy atom. The first kappa shape index (κ1) is 31.5. The molecular formula is C51H31N5O. The van der Waals surface area contributed by atoms with Crippen LogP contribution in [0.4, 0.5) is 0 Å². The van der Waals surface area contributed by atoms with E-state index in [1.807, 2.05) is 36.4 Å². The van der Waals surface area contributed by atoms with Gasteiger partial charge in [-0.25, -0.2) is 4.98 Å². The first-order chi connectivity index (χ1) is 28.3. The minimum Gasteiger partial charge on any atom is -0.456 e. The fourth-order valence-corrected chi connectivity index (χ4v) is 8.66. The molecule has 0 aliphatic heterocycles. The summed E-state index contributed by atoms with van der Waals surface area (Å²) < 4.78 is 10.8. The highest BCUT2D eigenvalue weighted by atomic mass is 16.3. The maximum Gasteiger partial charge on any atom is 0.238 e. The van der Waals surface area contributed by atoms with E-state index in [9.17, 15) is 0 Å². The van der Waals surface area contributed by atoms with Crippen molar-refractivity contribution in [2.45, 2.75) is 0 Å². The highest BCUT2D eigenvalue weighted by molar-refractivity contribution is 6.15. The molecule has 0 aliphatic rings. The standard InChI is InChI=1S/C51H31N5O/c1-2-14-32(15-3-1)49-52-50(34-16-12-17-35(30-34)55-42-23-8-4-18-37(42)38-19-5-9-24-43(38)55)54-51(53-49)56-44-25-10-6-20-39(44)40-29-28-33(31-45(40)56)36-22-13-27-47-48(36)41-21-7-11-26-46(41)57-47/h1-31H. The average molecular weight is 730 g/mol. The van der Waals surface area contributed by atoms with Crippen LogP contribution in [0.1, 0.15) is 0 Å². The third-order valence-corrected chi connectivity index (χ3v) is 11.2. The molecule has 12 rings (SSSR count). The van der Waals surface area contributed by atoms with E-state index in [0.717, 1.165) is 82.7 Å². The lowest BCUT2D eigenvalue weighted by Gasteiger charge is -2.13. The Hall–Kier alpha value is -7.83. The zero-order valence-electron chi connectivity index (χ0n) is 30.5. The van der Waals surface area contributed by atoms with Crippen molar-refractivity contribution in [3.05, 3.63) is 188 Å². The molecule has 0 radical (unpaired) electrons. The molecule has 6 nitrogen and oxygen atoms in total. The quantitative estimate of drug-likeness (QED) is 0.177. The third kappa shape index (κ3) is 4.87. The number of benzene rings is 8. The van der Waals surface area contributed by atoms with Gasteiger partial charge in [0.1, 0.15) is 11.2 Å².